The first-order valence-corrected chi connectivity index (χ1v) is 7.43. The number of nitrogens with one attached hydrogen (secondary N) is 1. The lowest BCUT2D eigenvalue weighted by Gasteiger charge is -2.18. The molecule has 4 nitrogen and oxygen atoms in total. The number of benzene rings is 1. The molecular formula is C18H25NO3. The molecule has 0 unspecified atom stereocenters. The summed E-state index contributed by atoms with van der Waals surface area (Å²) in [7, 11) is 0. The van der Waals surface area contributed by atoms with Gasteiger partial charge in [0.15, 0.2) is 0 Å². The summed E-state index contributed by atoms with van der Waals surface area (Å²) in [5, 5.41) is 11.5. The zero-order valence-corrected chi connectivity index (χ0v) is 13.9. The third-order valence-corrected chi connectivity index (χ3v) is 3.43. The first-order valence-electron chi connectivity index (χ1n) is 7.43. The van der Waals surface area contributed by atoms with Crippen LogP contribution >= 0.6 is 0 Å². The monoisotopic (exact) mass is 303 g/mol. The van der Waals surface area contributed by atoms with Crippen molar-refractivity contribution >= 4 is 18.0 Å². The SMILES string of the molecule is CC(C)[C@H](NC(=O)/C=C/c1ccc(C(C)(C)C)cc1)C(=O)O. The summed E-state index contributed by atoms with van der Waals surface area (Å²) in [6, 6.07) is 7.08. The summed E-state index contributed by atoms with van der Waals surface area (Å²) < 4.78 is 0. The molecule has 0 aliphatic heterocycles. The lowest BCUT2D eigenvalue weighted by Crippen LogP contribution is -2.43. The van der Waals surface area contributed by atoms with Gasteiger partial charge in [0.05, 0.1) is 0 Å². The van der Waals surface area contributed by atoms with Gasteiger partial charge in [-0.05, 0) is 28.5 Å². The molecule has 1 amide bonds. The van der Waals surface area contributed by atoms with Gasteiger partial charge in [0, 0.05) is 6.08 Å². The second-order valence-electron chi connectivity index (χ2n) is 6.77. The quantitative estimate of drug-likeness (QED) is 0.821. The van der Waals surface area contributed by atoms with Crippen molar-refractivity contribution in [3.05, 3.63) is 41.5 Å². The van der Waals surface area contributed by atoms with Gasteiger partial charge in [-0.2, -0.15) is 0 Å². The maximum Gasteiger partial charge on any atom is 0.326 e. The number of hydrogen-bond donors (Lipinski definition) is 2. The smallest absolute Gasteiger partial charge is 0.326 e. The van der Waals surface area contributed by atoms with Crippen LogP contribution in [0.4, 0.5) is 0 Å². The summed E-state index contributed by atoms with van der Waals surface area (Å²) in [6.07, 6.45) is 3.05. The molecule has 0 aliphatic carbocycles. The number of amides is 1. The fourth-order valence-electron chi connectivity index (χ4n) is 1.98. The molecule has 0 aromatic heterocycles. The highest BCUT2D eigenvalue weighted by molar-refractivity contribution is 5.94. The maximum atomic E-state index is 11.8. The second kappa shape index (κ2) is 7.25. The molecular weight excluding hydrogens is 278 g/mol. The van der Waals surface area contributed by atoms with E-state index in [1.807, 2.05) is 24.3 Å². The van der Waals surface area contributed by atoms with Crippen LogP contribution in [0.25, 0.3) is 6.08 Å². The van der Waals surface area contributed by atoms with E-state index >= 15 is 0 Å². The summed E-state index contributed by atoms with van der Waals surface area (Å²) in [5.41, 5.74) is 2.21. The second-order valence-corrected chi connectivity index (χ2v) is 6.77. The van der Waals surface area contributed by atoms with Crippen molar-refractivity contribution in [3.8, 4) is 0 Å². The van der Waals surface area contributed by atoms with Gasteiger partial charge in [-0.25, -0.2) is 4.79 Å². The van der Waals surface area contributed by atoms with Gasteiger partial charge in [-0.1, -0.05) is 58.9 Å². The molecule has 0 saturated heterocycles. The molecule has 0 radical (unpaired) electrons. The van der Waals surface area contributed by atoms with Crippen molar-refractivity contribution in [1.82, 2.24) is 5.32 Å². The van der Waals surface area contributed by atoms with E-state index in [4.69, 9.17) is 5.11 Å². The zero-order chi connectivity index (χ0) is 16.9. The molecule has 1 aromatic rings. The van der Waals surface area contributed by atoms with E-state index in [0.717, 1.165) is 5.56 Å². The molecule has 0 fully saturated rings. The number of carbonyl (C=O) groups is 2. The molecule has 1 atom stereocenters. The van der Waals surface area contributed by atoms with Crippen molar-refractivity contribution in [3.63, 3.8) is 0 Å². The Morgan fingerprint density at radius 3 is 2.09 bits per heavy atom. The van der Waals surface area contributed by atoms with Crippen molar-refractivity contribution in [2.45, 2.75) is 46.1 Å². The molecule has 0 bridgehead atoms. The Bertz CT molecular complexity index is 551. The van der Waals surface area contributed by atoms with Crippen LogP contribution in [0.3, 0.4) is 0 Å². The van der Waals surface area contributed by atoms with E-state index in [9.17, 15) is 9.59 Å². The van der Waals surface area contributed by atoms with E-state index in [0.29, 0.717) is 0 Å². The summed E-state index contributed by atoms with van der Waals surface area (Å²) in [6.45, 7) is 9.94. The Morgan fingerprint density at radius 1 is 1.14 bits per heavy atom. The molecule has 22 heavy (non-hydrogen) atoms. The highest BCUT2D eigenvalue weighted by atomic mass is 16.4. The Balaban J connectivity index is 2.72. The van der Waals surface area contributed by atoms with Crippen LogP contribution < -0.4 is 5.32 Å². The highest BCUT2D eigenvalue weighted by Gasteiger charge is 2.22. The summed E-state index contributed by atoms with van der Waals surface area (Å²) in [4.78, 5) is 22.8. The first-order chi connectivity index (χ1) is 10.1. The van der Waals surface area contributed by atoms with Crippen LogP contribution in [-0.2, 0) is 15.0 Å². The Morgan fingerprint density at radius 2 is 1.68 bits per heavy atom. The summed E-state index contributed by atoms with van der Waals surface area (Å²) in [5.74, 6) is -1.59. The molecule has 120 valence electrons. The van der Waals surface area contributed by atoms with Crippen molar-refractivity contribution < 1.29 is 14.7 Å². The summed E-state index contributed by atoms with van der Waals surface area (Å²) >= 11 is 0. The van der Waals surface area contributed by atoms with Gasteiger partial charge in [0.1, 0.15) is 6.04 Å². The third kappa shape index (κ3) is 5.35. The van der Waals surface area contributed by atoms with Gasteiger partial charge < -0.3 is 10.4 Å². The van der Waals surface area contributed by atoms with Gasteiger partial charge in [-0.3, -0.25) is 4.79 Å². The number of hydrogen-bond acceptors (Lipinski definition) is 2. The van der Waals surface area contributed by atoms with Crippen LogP contribution in [0.5, 0.6) is 0 Å². The minimum absolute atomic E-state index is 0.0889. The van der Waals surface area contributed by atoms with Crippen LogP contribution in [0.15, 0.2) is 30.3 Å². The fraction of sp³-hybridized carbons (Fsp3) is 0.444. The Labute approximate surface area is 132 Å². The largest absolute Gasteiger partial charge is 0.480 e. The average Bonchev–Trinajstić information content (AvgIpc) is 2.41. The topological polar surface area (TPSA) is 66.4 Å². The van der Waals surface area contributed by atoms with Gasteiger partial charge in [0.2, 0.25) is 5.91 Å². The minimum atomic E-state index is -1.02. The standard InChI is InChI=1S/C18H25NO3/c1-12(2)16(17(21)22)19-15(20)11-8-13-6-9-14(10-7-13)18(3,4)5/h6-12,16H,1-5H3,(H,19,20)(H,21,22)/b11-8+/t16-/m0/s1. The fourth-order valence-corrected chi connectivity index (χ4v) is 1.98. The Kier molecular flexibility index (Phi) is 5.92. The molecule has 4 heteroatoms. The van der Waals surface area contributed by atoms with Crippen LogP contribution in [0.1, 0.15) is 45.7 Å². The lowest BCUT2D eigenvalue weighted by molar-refractivity contribution is -0.142. The van der Waals surface area contributed by atoms with Crippen molar-refractivity contribution in [1.29, 1.82) is 0 Å². The molecule has 0 heterocycles. The number of aliphatic carboxylic acids is 1. The molecule has 2 N–H and O–H groups in total. The highest BCUT2D eigenvalue weighted by Crippen LogP contribution is 2.22. The van der Waals surface area contributed by atoms with Gasteiger partial charge >= 0.3 is 5.97 Å². The normalized spacial score (nSPS) is 13.4. The van der Waals surface area contributed by atoms with Crippen LogP contribution in [-0.4, -0.2) is 23.0 Å². The van der Waals surface area contributed by atoms with Crippen LogP contribution in [0, 0.1) is 5.92 Å². The van der Waals surface area contributed by atoms with Crippen molar-refractivity contribution in [2.24, 2.45) is 5.92 Å². The third-order valence-electron chi connectivity index (χ3n) is 3.43. The average molecular weight is 303 g/mol. The Hall–Kier alpha value is -2.10. The molecule has 1 aromatic carbocycles. The number of carboxylic acid groups (broad SMARTS) is 1. The van der Waals surface area contributed by atoms with E-state index < -0.39 is 17.9 Å². The molecule has 0 saturated carbocycles. The lowest BCUT2D eigenvalue weighted by atomic mass is 9.87. The zero-order valence-electron chi connectivity index (χ0n) is 13.9. The van der Waals surface area contributed by atoms with Crippen LogP contribution in [0.2, 0.25) is 0 Å². The van der Waals surface area contributed by atoms with E-state index in [1.54, 1.807) is 19.9 Å². The predicted molar refractivity (Wildman–Crippen MR) is 88.6 cm³/mol. The number of rotatable bonds is 5. The maximum absolute atomic E-state index is 11.8. The predicted octanol–water partition coefficient (Wildman–Crippen LogP) is 3.22. The van der Waals surface area contributed by atoms with Gasteiger partial charge in [-0.15, -0.1) is 0 Å². The number of carbonyl (C=O) groups excluding carboxylic acids is 1. The molecule has 0 aliphatic rings. The van der Waals surface area contributed by atoms with E-state index in [1.165, 1.54) is 11.6 Å². The van der Waals surface area contributed by atoms with Gasteiger partial charge in [0.25, 0.3) is 0 Å². The molecule has 0 spiro atoms. The first kappa shape index (κ1) is 18.0. The number of carboxylic acids is 1. The minimum Gasteiger partial charge on any atom is -0.480 e. The molecule has 1 rings (SSSR count). The van der Waals surface area contributed by atoms with E-state index in [2.05, 4.69) is 26.1 Å². The van der Waals surface area contributed by atoms with E-state index in [-0.39, 0.29) is 11.3 Å². The van der Waals surface area contributed by atoms with Crippen molar-refractivity contribution in [2.75, 3.05) is 0 Å².